The fourth-order valence-corrected chi connectivity index (χ4v) is 1.91. The van der Waals surface area contributed by atoms with Crippen LogP contribution in [0, 0.1) is 17.8 Å². The van der Waals surface area contributed by atoms with Crippen molar-refractivity contribution in [3.05, 3.63) is 36.0 Å². The summed E-state index contributed by atoms with van der Waals surface area (Å²) in [6.45, 7) is 8.99. The van der Waals surface area contributed by atoms with Crippen LogP contribution in [-0.4, -0.2) is 0 Å². The van der Waals surface area contributed by atoms with Gasteiger partial charge in [-0.05, 0) is 37.5 Å². The summed E-state index contributed by atoms with van der Waals surface area (Å²) in [4.78, 5) is 0. The van der Waals surface area contributed by atoms with Crippen molar-refractivity contribution in [2.24, 2.45) is 17.8 Å². The zero-order valence-corrected chi connectivity index (χ0v) is 10.5. The minimum Gasteiger partial charge on any atom is -0.0880 e. The Morgan fingerprint density at radius 1 is 1.40 bits per heavy atom. The van der Waals surface area contributed by atoms with E-state index in [-0.39, 0.29) is 0 Å². The Morgan fingerprint density at radius 3 is 2.67 bits per heavy atom. The highest BCUT2D eigenvalue weighted by Gasteiger charge is 2.13. The summed E-state index contributed by atoms with van der Waals surface area (Å²) in [7, 11) is 0. The van der Waals surface area contributed by atoms with Crippen LogP contribution < -0.4 is 0 Å². The molecule has 1 aliphatic rings. The largest absolute Gasteiger partial charge is 0.0880 e. The predicted octanol–water partition coefficient (Wildman–Crippen LogP) is 4.75. The molecule has 2 atom stereocenters. The van der Waals surface area contributed by atoms with Gasteiger partial charge in [0.2, 0.25) is 0 Å². The SMILES string of the molecule is CC1=CC[C@@H]([C@H](C)C/C=C/C(C)C)C=C1. The molecule has 0 aromatic rings. The summed E-state index contributed by atoms with van der Waals surface area (Å²) < 4.78 is 0. The summed E-state index contributed by atoms with van der Waals surface area (Å²) >= 11 is 0. The van der Waals surface area contributed by atoms with E-state index in [0.29, 0.717) is 5.92 Å². The fraction of sp³-hybridized carbons (Fsp3) is 0.600. The molecule has 0 aliphatic heterocycles. The van der Waals surface area contributed by atoms with Gasteiger partial charge in [-0.25, -0.2) is 0 Å². The molecule has 0 amide bonds. The van der Waals surface area contributed by atoms with Crippen LogP contribution in [0.5, 0.6) is 0 Å². The van der Waals surface area contributed by atoms with Crippen LogP contribution in [-0.2, 0) is 0 Å². The van der Waals surface area contributed by atoms with E-state index in [9.17, 15) is 0 Å². The van der Waals surface area contributed by atoms with Crippen molar-refractivity contribution in [3.8, 4) is 0 Å². The van der Waals surface area contributed by atoms with Crippen LogP contribution in [0.15, 0.2) is 36.0 Å². The van der Waals surface area contributed by atoms with E-state index >= 15 is 0 Å². The van der Waals surface area contributed by atoms with Crippen molar-refractivity contribution < 1.29 is 0 Å². The Kier molecular flexibility index (Phi) is 4.87. The van der Waals surface area contributed by atoms with Crippen molar-refractivity contribution in [2.45, 2.75) is 40.5 Å². The molecule has 0 aromatic carbocycles. The van der Waals surface area contributed by atoms with Gasteiger partial charge >= 0.3 is 0 Å². The molecule has 0 saturated carbocycles. The van der Waals surface area contributed by atoms with Crippen LogP contribution >= 0.6 is 0 Å². The predicted molar refractivity (Wildman–Crippen MR) is 68.8 cm³/mol. The van der Waals surface area contributed by atoms with E-state index in [1.165, 1.54) is 18.4 Å². The second kappa shape index (κ2) is 5.95. The summed E-state index contributed by atoms with van der Waals surface area (Å²) in [5.41, 5.74) is 1.41. The van der Waals surface area contributed by atoms with Crippen molar-refractivity contribution >= 4 is 0 Å². The first-order valence-electron chi connectivity index (χ1n) is 6.11. The Morgan fingerprint density at radius 2 is 2.13 bits per heavy atom. The average Bonchev–Trinajstić information content (AvgIpc) is 2.18. The monoisotopic (exact) mass is 204 g/mol. The van der Waals surface area contributed by atoms with E-state index in [1.54, 1.807) is 0 Å². The van der Waals surface area contributed by atoms with Gasteiger partial charge in [0.15, 0.2) is 0 Å². The van der Waals surface area contributed by atoms with Crippen LogP contribution in [0.25, 0.3) is 0 Å². The molecule has 0 nitrogen and oxygen atoms in total. The average molecular weight is 204 g/mol. The fourth-order valence-electron chi connectivity index (χ4n) is 1.91. The maximum atomic E-state index is 2.38. The molecular formula is C15H24. The third-order valence-electron chi connectivity index (χ3n) is 3.08. The van der Waals surface area contributed by atoms with E-state index in [2.05, 4.69) is 58.1 Å². The third kappa shape index (κ3) is 4.51. The number of rotatable bonds is 4. The lowest BCUT2D eigenvalue weighted by Crippen LogP contribution is -2.09. The normalized spacial score (nSPS) is 23.5. The van der Waals surface area contributed by atoms with Gasteiger partial charge < -0.3 is 0 Å². The second-order valence-electron chi connectivity index (χ2n) is 5.09. The molecule has 84 valence electrons. The van der Waals surface area contributed by atoms with Crippen molar-refractivity contribution in [1.29, 1.82) is 0 Å². The van der Waals surface area contributed by atoms with Crippen molar-refractivity contribution in [3.63, 3.8) is 0 Å². The third-order valence-corrected chi connectivity index (χ3v) is 3.08. The molecule has 0 spiro atoms. The van der Waals surface area contributed by atoms with Crippen LogP contribution in [0.1, 0.15) is 40.5 Å². The molecule has 1 aliphatic carbocycles. The minimum absolute atomic E-state index is 0.682. The van der Waals surface area contributed by atoms with E-state index in [4.69, 9.17) is 0 Å². The van der Waals surface area contributed by atoms with E-state index in [1.807, 2.05) is 0 Å². The quantitative estimate of drug-likeness (QED) is 0.580. The first kappa shape index (κ1) is 12.3. The first-order valence-corrected chi connectivity index (χ1v) is 6.11. The van der Waals surface area contributed by atoms with Gasteiger partial charge in [-0.15, -0.1) is 0 Å². The number of hydrogen-bond donors (Lipinski definition) is 0. The van der Waals surface area contributed by atoms with Gasteiger partial charge in [-0.1, -0.05) is 56.7 Å². The molecule has 0 heterocycles. The van der Waals surface area contributed by atoms with Crippen LogP contribution in [0.3, 0.4) is 0 Å². The smallest absolute Gasteiger partial charge is 0.0167 e. The Bertz CT molecular complexity index is 266. The minimum atomic E-state index is 0.682. The molecule has 0 unspecified atom stereocenters. The van der Waals surface area contributed by atoms with Gasteiger partial charge in [0.05, 0.1) is 0 Å². The molecule has 0 radical (unpaired) electrons. The van der Waals surface area contributed by atoms with E-state index in [0.717, 1.165) is 11.8 Å². The summed E-state index contributed by atoms with van der Waals surface area (Å²) in [5, 5.41) is 0. The molecule has 15 heavy (non-hydrogen) atoms. The standard InChI is InChI=1S/C15H24/c1-12(2)6-5-7-14(4)15-10-8-13(3)9-11-15/h5-6,8-10,12,14-15H,7,11H2,1-4H3/b6-5+/t14-,15+/m1/s1. The molecule has 0 heteroatoms. The van der Waals surface area contributed by atoms with Gasteiger partial charge in [0.25, 0.3) is 0 Å². The first-order chi connectivity index (χ1) is 7.09. The molecule has 0 fully saturated rings. The lowest BCUT2D eigenvalue weighted by atomic mass is 9.84. The molecular weight excluding hydrogens is 180 g/mol. The highest BCUT2D eigenvalue weighted by molar-refractivity contribution is 5.21. The maximum absolute atomic E-state index is 2.38. The van der Waals surface area contributed by atoms with Gasteiger partial charge in [-0.2, -0.15) is 0 Å². The lowest BCUT2D eigenvalue weighted by Gasteiger charge is -2.21. The lowest BCUT2D eigenvalue weighted by molar-refractivity contribution is 0.432. The Hall–Kier alpha value is -0.780. The molecule has 0 bridgehead atoms. The number of hydrogen-bond acceptors (Lipinski definition) is 0. The van der Waals surface area contributed by atoms with Gasteiger partial charge in [0.1, 0.15) is 0 Å². The van der Waals surface area contributed by atoms with Crippen molar-refractivity contribution in [2.75, 3.05) is 0 Å². The van der Waals surface area contributed by atoms with E-state index < -0.39 is 0 Å². The maximum Gasteiger partial charge on any atom is -0.0167 e. The van der Waals surface area contributed by atoms with Gasteiger partial charge in [-0.3, -0.25) is 0 Å². The van der Waals surface area contributed by atoms with Crippen molar-refractivity contribution in [1.82, 2.24) is 0 Å². The Balaban J connectivity index is 2.36. The topological polar surface area (TPSA) is 0 Å². The zero-order valence-electron chi connectivity index (χ0n) is 10.5. The van der Waals surface area contributed by atoms with Crippen LogP contribution in [0.4, 0.5) is 0 Å². The highest BCUT2D eigenvalue weighted by Crippen LogP contribution is 2.26. The molecule has 0 saturated heterocycles. The summed E-state index contributed by atoms with van der Waals surface area (Å²) in [6.07, 6.45) is 14.1. The zero-order chi connectivity index (χ0) is 11.3. The molecule has 1 rings (SSSR count). The highest BCUT2D eigenvalue weighted by atomic mass is 14.2. The van der Waals surface area contributed by atoms with Gasteiger partial charge in [0, 0.05) is 0 Å². The van der Waals surface area contributed by atoms with Crippen LogP contribution in [0.2, 0.25) is 0 Å². The summed E-state index contributed by atoms with van der Waals surface area (Å²) in [5.74, 6) is 2.19. The number of allylic oxidation sites excluding steroid dienone is 6. The second-order valence-corrected chi connectivity index (χ2v) is 5.09. The molecule has 0 N–H and O–H groups in total. The summed E-state index contributed by atoms with van der Waals surface area (Å²) in [6, 6.07) is 0. The molecule has 0 aromatic heterocycles. The Labute approximate surface area is 94.8 Å².